The first-order valence-corrected chi connectivity index (χ1v) is 8.89. The minimum absolute atomic E-state index is 0.522. The largest absolute Gasteiger partial charge is 0.312 e. The predicted octanol–water partition coefficient (Wildman–Crippen LogP) is 3.53. The fourth-order valence-corrected chi connectivity index (χ4v) is 5.35. The van der Waals surface area contributed by atoms with Crippen molar-refractivity contribution < 1.29 is 0 Å². The maximum atomic E-state index is 3.65. The lowest BCUT2D eigenvalue weighted by atomic mass is 9.80. The third-order valence-corrected chi connectivity index (χ3v) is 6.26. The van der Waals surface area contributed by atoms with Gasteiger partial charge in [0.15, 0.2) is 0 Å². The van der Waals surface area contributed by atoms with E-state index >= 15 is 0 Å². The number of nitrogens with one attached hydrogen (secondary N) is 1. The Hall–Kier alpha value is -0.860. The molecule has 1 saturated heterocycles. The van der Waals surface area contributed by atoms with Gasteiger partial charge in [-0.2, -0.15) is 0 Å². The lowest BCUT2D eigenvalue weighted by Crippen LogP contribution is -2.54. The van der Waals surface area contributed by atoms with Crippen LogP contribution in [0.25, 0.3) is 0 Å². The molecule has 1 aromatic rings. The van der Waals surface area contributed by atoms with Crippen LogP contribution in [0.1, 0.15) is 55.7 Å². The van der Waals surface area contributed by atoms with Gasteiger partial charge in [0.05, 0.1) is 0 Å². The minimum Gasteiger partial charge on any atom is -0.312 e. The molecule has 0 amide bonds. The molecule has 1 aliphatic heterocycles. The fourth-order valence-electron chi connectivity index (χ4n) is 5.35. The summed E-state index contributed by atoms with van der Waals surface area (Å²) >= 11 is 0. The Morgan fingerprint density at radius 1 is 1.00 bits per heavy atom. The van der Waals surface area contributed by atoms with E-state index < -0.39 is 0 Å². The Morgan fingerprint density at radius 3 is 2.76 bits per heavy atom. The highest BCUT2D eigenvalue weighted by Gasteiger charge is 2.41. The summed E-state index contributed by atoms with van der Waals surface area (Å²) in [6, 6.07) is 11.2. The maximum absolute atomic E-state index is 3.65. The summed E-state index contributed by atoms with van der Waals surface area (Å²) in [5.74, 6) is 0.994. The molecule has 0 radical (unpaired) electrons. The third kappa shape index (κ3) is 2.33. The first kappa shape index (κ1) is 13.8. The smallest absolute Gasteiger partial charge is 0.0478 e. The van der Waals surface area contributed by atoms with Crippen molar-refractivity contribution in [2.24, 2.45) is 5.92 Å². The number of piperidine rings is 1. The van der Waals surface area contributed by atoms with Crippen LogP contribution in [0.2, 0.25) is 0 Å². The number of hydrogen-bond acceptors (Lipinski definition) is 2. The summed E-state index contributed by atoms with van der Waals surface area (Å²) < 4.78 is 0. The molecule has 2 fully saturated rings. The Labute approximate surface area is 128 Å². The number of likely N-dealkylation sites (N-methyl/N-ethyl adjacent to an activating group) is 1. The zero-order valence-corrected chi connectivity index (χ0v) is 13.2. The summed E-state index contributed by atoms with van der Waals surface area (Å²) in [6.07, 6.45) is 9.86. The van der Waals surface area contributed by atoms with Crippen LogP contribution in [0.15, 0.2) is 24.3 Å². The van der Waals surface area contributed by atoms with E-state index in [4.69, 9.17) is 0 Å². The van der Waals surface area contributed by atoms with Crippen molar-refractivity contribution in [1.82, 2.24) is 10.2 Å². The number of aryl methyl sites for hydroxylation is 1. The van der Waals surface area contributed by atoms with Crippen molar-refractivity contribution in [3.05, 3.63) is 35.4 Å². The monoisotopic (exact) mass is 284 g/mol. The molecule has 0 bridgehead atoms. The summed E-state index contributed by atoms with van der Waals surface area (Å²) in [4.78, 5) is 2.90. The zero-order chi connectivity index (χ0) is 14.2. The molecule has 1 N–H and O–H groups in total. The standard InChI is InChI=1S/C19H28N2/c1-20-19-16-9-3-2-6-14(16)11-12-18(19)21-13-5-8-15-7-4-10-17(15)21/h2-3,6,9,15,17-20H,4-5,7-8,10-13H2,1H3. The predicted molar refractivity (Wildman–Crippen MR) is 87.4 cm³/mol. The van der Waals surface area contributed by atoms with E-state index in [0.29, 0.717) is 12.1 Å². The molecule has 2 aliphatic carbocycles. The molecule has 1 heterocycles. The third-order valence-electron chi connectivity index (χ3n) is 6.26. The van der Waals surface area contributed by atoms with Gasteiger partial charge in [-0.15, -0.1) is 0 Å². The molecule has 2 nitrogen and oxygen atoms in total. The molecule has 4 atom stereocenters. The highest BCUT2D eigenvalue weighted by Crippen LogP contribution is 2.42. The van der Waals surface area contributed by atoms with Gasteiger partial charge in [-0.05, 0) is 69.2 Å². The molecule has 1 saturated carbocycles. The maximum Gasteiger partial charge on any atom is 0.0478 e. The van der Waals surface area contributed by atoms with E-state index in [2.05, 4.69) is 41.5 Å². The van der Waals surface area contributed by atoms with Crippen molar-refractivity contribution in [3.8, 4) is 0 Å². The molecule has 1 aromatic carbocycles. The summed E-state index contributed by atoms with van der Waals surface area (Å²) in [7, 11) is 2.15. The van der Waals surface area contributed by atoms with Gasteiger partial charge in [0.1, 0.15) is 0 Å². The van der Waals surface area contributed by atoms with E-state index in [-0.39, 0.29) is 0 Å². The molecule has 0 spiro atoms. The number of nitrogens with zero attached hydrogens (tertiary/aromatic N) is 1. The van der Waals surface area contributed by atoms with E-state index in [9.17, 15) is 0 Å². The quantitative estimate of drug-likeness (QED) is 0.894. The molecular formula is C19H28N2. The van der Waals surface area contributed by atoms with Crippen LogP contribution in [0, 0.1) is 5.92 Å². The van der Waals surface area contributed by atoms with Gasteiger partial charge in [-0.3, -0.25) is 4.90 Å². The van der Waals surface area contributed by atoms with Gasteiger partial charge in [0, 0.05) is 18.1 Å². The van der Waals surface area contributed by atoms with Gasteiger partial charge in [-0.25, -0.2) is 0 Å². The van der Waals surface area contributed by atoms with Crippen LogP contribution in [-0.2, 0) is 6.42 Å². The SMILES string of the molecule is CNC1c2ccccc2CCC1N1CCCC2CCCC21. The van der Waals surface area contributed by atoms with Crippen molar-refractivity contribution >= 4 is 0 Å². The number of fused-ring (bicyclic) bond motifs is 2. The molecule has 21 heavy (non-hydrogen) atoms. The second kappa shape index (κ2) is 5.73. The molecule has 4 unspecified atom stereocenters. The van der Waals surface area contributed by atoms with Gasteiger partial charge in [0.25, 0.3) is 0 Å². The van der Waals surface area contributed by atoms with E-state index in [1.807, 2.05) is 0 Å². The van der Waals surface area contributed by atoms with E-state index in [1.54, 1.807) is 11.1 Å². The number of rotatable bonds is 2. The Bertz CT molecular complexity index is 498. The van der Waals surface area contributed by atoms with Gasteiger partial charge < -0.3 is 5.32 Å². The van der Waals surface area contributed by atoms with E-state index in [0.717, 1.165) is 12.0 Å². The van der Waals surface area contributed by atoms with Crippen LogP contribution in [0.5, 0.6) is 0 Å². The molecule has 0 aromatic heterocycles. The van der Waals surface area contributed by atoms with Crippen molar-refractivity contribution in [1.29, 1.82) is 0 Å². The van der Waals surface area contributed by atoms with Crippen LogP contribution >= 0.6 is 0 Å². The Morgan fingerprint density at radius 2 is 1.86 bits per heavy atom. The second-order valence-electron chi connectivity index (χ2n) is 7.21. The summed E-state index contributed by atoms with van der Waals surface area (Å²) in [6.45, 7) is 1.33. The molecule has 4 rings (SSSR count). The average molecular weight is 284 g/mol. The normalized spacial score (nSPS) is 36.2. The van der Waals surface area contributed by atoms with Gasteiger partial charge in [-0.1, -0.05) is 30.7 Å². The first-order chi connectivity index (χ1) is 10.4. The molecule has 114 valence electrons. The lowest BCUT2D eigenvalue weighted by molar-refractivity contribution is 0.0421. The Balaban J connectivity index is 1.63. The van der Waals surface area contributed by atoms with Crippen molar-refractivity contribution in [2.75, 3.05) is 13.6 Å². The fraction of sp³-hybridized carbons (Fsp3) is 0.684. The van der Waals surface area contributed by atoms with Gasteiger partial charge >= 0.3 is 0 Å². The summed E-state index contributed by atoms with van der Waals surface area (Å²) in [5, 5.41) is 3.65. The second-order valence-corrected chi connectivity index (χ2v) is 7.21. The number of benzene rings is 1. The summed E-state index contributed by atoms with van der Waals surface area (Å²) in [5.41, 5.74) is 3.12. The van der Waals surface area contributed by atoms with Gasteiger partial charge in [0.2, 0.25) is 0 Å². The lowest BCUT2D eigenvalue weighted by Gasteiger charge is -2.47. The minimum atomic E-state index is 0.522. The topological polar surface area (TPSA) is 15.3 Å². The number of likely N-dealkylation sites (tertiary alicyclic amines) is 1. The van der Waals surface area contributed by atoms with E-state index in [1.165, 1.54) is 51.5 Å². The van der Waals surface area contributed by atoms with Crippen molar-refractivity contribution in [3.63, 3.8) is 0 Å². The van der Waals surface area contributed by atoms with Crippen LogP contribution in [0.3, 0.4) is 0 Å². The number of hydrogen-bond donors (Lipinski definition) is 1. The highest BCUT2D eigenvalue weighted by molar-refractivity contribution is 5.34. The highest BCUT2D eigenvalue weighted by atomic mass is 15.2. The van der Waals surface area contributed by atoms with Crippen LogP contribution < -0.4 is 5.32 Å². The van der Waals surface area contributed by atoms with Crippen molar-refractivity contribution in [2.45, 2.75) is 63.1 Å². The zero-order valence-electron chi connectivity index (χ0n) is 13.2. The van der Waals surface area contributed by atoms with Crippen LogP contribution in [0.4, 0.5) is 0 Å². The Kier molecular flexibility index (Phi) is 3.76. The molecule has 3 aliphatic rings. The van der Waals surface area contributed by atoms with Crippen LogP contribution in [-0.4, -0.2) is 30.6 Å². The molecular weight excluding hydrogens is 256 g/mol. The first-order valence-electron chi connectivity index (χ1n) is 8.89. The average Bonchev–Trinajstić information content (AvgIpc) is 3.02. The molecule has 2 heteroatoms.